The van der Waals surface area contributed by atoms with E-state index in [1.54, 1.807) is 0 Å². The van der Waals surface area contributed by atoms with E-state index < -0.39 is 0 Å². The molecule has 0 aromatic carbocycles. The highest BCUT2D eigenvalue weighted by Crippen LogP contribution is 2.33. The predicted octanol–water partition coefficient (Wildman–Crippen LogP) is 2.29. The Morgan fingerprint density at radius 1 is 1.42 bits per heavy atom. The van der Waals surface area contributed by atoms with Crippen LogP contribution in [0.15, 0.2) is 12.5 Å². The van der Waals surface area contributed by atoms with Crippen molar-refractivity contribution in [1.29, 1.82) is 0 Å². The summed E-state index contributed by atoms with van der Waals surface area (Å²) in [5.41, 5.74) is 1.39. The highest BCUT2D eigenvalue weighted by molar-refractivity contribution is 5.08. The normalized spacial score (nSPS) is 25.4. The molecule has 0 amide bonds. The molecule has 2 rings (SSSR count). The largest absolute Gasteiger partial charge is 0.333 e. The fourth-order valence-corrected chi connectivity index (χ4v) is 3.37. The number of aromatic nitrogens is 2. The average molecular weight is 264 g/mol. The Kier molecular flexibility index (Phi) is 5.40. The summed E-state index contributed by atoms with van der Waals surface area (Å²) < 4.78 is 2.34. The molecule has 1 fully saturated rings. The molecule has 0 bridgehead atoms. The van der Waals surface area contributed by atoms with E-state index in [0.29, 0.717) is 12.0 Å². The molecule has 1 aromatic rings. The third kappa shape index (κ3) is 3.37. The molecule has 1 aliphatic rings. The van der Waals surface area contributed by atoms with E-state index in [0.717, 1.165) is 19.5 Å². The van der Waals surface area contributed by atoms with Crippen LogP contribution in [0.1, 0.15) is 44.3 Å². The van der Waals surface area contributed by atoms with Crippen molar-refractivity contribution in [2.24, 2.45) is 5.92 Å². The number of rotatable bonds is 5. The van der Waals surface area contributed by atoms with Gasteiger partial charge in [-0.2, -0.15) is 0 Å². The van der Waals surface area contributed by atoms with Gasteiger partial charge in [0.05, 0.1) is 18.1 Å². The lowest BCUT2D eigenvalue weighted by atomic mass is 9.92. The molecule has 4 heteroatoms. The minimum atomic E-state index is 0.504. The van der Waals surface area contributed by atoms with Crippen molar-refractivity contribution in [3.63, 3.8) is 0 Å². The number of aryl methyl sites for hydroxylation is 1. The molecular formula is C15H28N4. The zero-order valence-corrected chi connectivity index (χ0v) is 12.6. The minimum Gasteiger partial charge on any atom is -0.333 e. The van der Waals surface area contributed by atoms with E-state index >= 15 is 0 Å². The van der Waals surface area contributed by atoms with Crippen molar-refractivity contribution in [3.8, 4) is 0 Å². The number of nitrogens with one attached hydrogen (secondary N) is 1. The summed E-state index contributed by atoms with van der Waals surface area (Å²) in [5.74, 6) is 0.685. The Balaban J connectivity index is 2.26. The van der Waals surface area contributed by atoms with Gasteiger partial charge in [-0.25, -0.2) is 4.98 Å². The quantitative estimate of drug-likeness (QED) is 0.886. The van der Waals surface area contributed by atoms with Gasteiger partial charge in [0.1, 0.15) is 0 Å². The molecule has 2 atom stereocenters. The molecule has 1 saturated heterocycles. The molecule has 0 saturated carbocycles. The molecule has 4 nitrogen and oxygen atoms in total. The predicted molar refractivity (Wildman–Crippen MR) is 79.2 cm³/mol. The Morgan fingerprint density at radius 2 is 2.26 bits per heavy atom. The molecule has 2 unspecified atom stereocenters. The zero-order chi connectivity index (χ0) is 13.7. The summed E-state index contributed by atoms with van der Waals surface area (Å²) in [6.07, 6.45) is 9.20. The lowest BCUT2D eigenvalue weighted by Gasteiger charge is -2.33. The van der Waals surface area contributed by atoms with Crippen LogP contribution in [0.2, 0.25) is 0 Å². The molecule has 0 aliphatic carbocycles. The number of nitrogens with zero attached hydrogens (tertiary/aromatic N) is 3. The zero-order valence-electron chi connectivity index (χ0n) is 12.6. The Bertz CT molecular complexity index is 374. The number of hydrogen-bond donors (Lipinski definition) is 1. The van der Waals surface area contributed by atoms with Gasteiger partial charge in [-0.3, -0.25) is 4.90 Å². The summed E-state index contributed by atoms with van der Waals surface area (Å²) in [4.78, 5) is 6.92. The van der Waals surface area contributed by atoms with Crippen LogP contribution in [0.3, 0.4) is 0 Å². The van der Waals surface area contributed by atoms with Crippen LogP contribution in [0, 0.1) is 5.92 Å². The number of likely N-dealkylation sites (tertiary alicyclic amines) is 1. The Hall–Kier alpha value is -0.870. The monoisotopic (exact) mass is 264 g/mol. The number of hydrogen-bond acceptors (Lipinski definition) is 3. The van der Waals surface area contributed by atoms with E-state index in [1.165, 1.54) is 31.5 Å². The van der Waals surface area contributed by atoms with Gasteiger partial charge in [0.2, 0.25) is 0 Å². The van der Waals surface area contributed by atoms with Gasteiger partial charge < -0.3 is 9.88 Å². The van der Waals surface area contributed by atoms with Crippen molar-refractivity contribution in [3.05, 3.63) is 18.2 Å². The first-order valence-corrected chi connectivity index (χ1v) is 7.62. The van der Waals surface area contributed by atoms with E-state index in [2.05, 4.69) is 47.0 Å². The molecule has 1 N–H and O–H groups in total. The van der Waals surface area contributed by atoms with Crippen LogP contribution in [0.4, 0.5) is 0 Å². The van der Waals surface area contributed by atoms with E-state index in [4.69, 9.17) is 0 Å². The molecule has 19 heavy (non-hydrogen) atoms. The van der Waals surface area contributed by atoms with Crippen molar-refractivity contribution < 1.29 is 0 Å². The van der Waals surface area contributed by atoms with Gasteiger partial charge in [-0.05, 0) is 52.4 Å². The summed E-state index contributed by atoms with van der Waals surface area (Å²) >= 11 is 0. The van der Waals surface area contributed by atoms with Gasteiger partial charge in [-0.1, -0.05) is 13.3 Å². The maximum Gasteiger partial charge on any atom is 0.0948 e. The second-order valence-electron chi connectivity index (χ2n) is 5.75. The lowest BCUT2D eigenvalue weighted by Crippen LogP contribution is -2.35. The van der Waals surface area contributed by atoms with Gasteiger partial charge in [0, 0.05) is 12.7 Å². The first-order chi connectivity index (χ1) is 9.27. The van der Waals surface area contributed by atoms with E-state index in [-0.39, 0.29) is 0 Å². The second kappa shape index (κ2) is 7.06. The first-order valence-electron chi connectivity index (χ1n) is 7.62. The van der Waals surface area contributed by atoms with Crippen LogP contribution >= 0.6 is 0 Å². The molecular weight excluding hydrogens is 236 g/mol. The first kappa shape index (κ1) is 14.5. The fourth-order valence-electron chi connectivity index (χ4n) is 3.37. The third-order valence-electron chi connectivity index (χ3n) is 4.24. The van der Waals surface area contributed by atoms with Gasteiger partial charge >= 0.3 is 0 Å². The summed E-state index contributed by atoms with van der Waals surface area (Å²) in [7, 11) is 4.33. The number of imidazole rings is 1. The van der Waals surface area contributed by atoms with Crippen LogP contribution in [-0.2, 0) is 6.54 Å². The summed E-state index contributed by atoms with van der Waals surface area (Å²) in [6.45, 7) is 5.59. The maximum absolute atomic E-state index is 4.39. The molecule has 1 aromatic heterocycles. The second-order valence-corrected chi connectivity index (χ2v) is 5.75. The average Bonchev–Trinajstić information content (AvgIpc) is 2.76. The molecule has 2 heterocycles. The van der Waals surface area contributed by atoms with Crippen molar-refractivity contribution >= 4 is 0 Å². The maximum atomic E-state index is 4.39. The van der Waals surface area contributed by atoms with Gasteiger partial charge in [0.25, 0.3) is 0 Å². The standard InChI is InChI=1S/C15H28N4/c1-4-8-19-12-17-11-14(19)15-13(10-16-2)7-5-6-9-18(15)3/h11-13,15-16H,4-10H2,1-3H3. The highest BCUT2D eigenvalue weighted by atomic mass is 15.2. The highest BCUT2D eigenvalue weighted by Gasteiger charge is 2.30. The molecule has 0 spiro atoms. The van der Waals surface area contributed by atoms with Gasteiger partial charge in [-0.15, -0.1) is 0 Å². The van der Waals surface area contributed by atoms with Crippen LogP contribution in [0.25, 0.3) is 0 Å². The topological polar surface area (TPSA) is 33.1 Å². The Labute approximate surface area is 117 Å². The minimum absolute atomic E-state index is 0.504. The SMILES string of the molecule is CCCn1cncc1C1C(CNC)CCCCN1C. The van der Waals surface area contributed by atoms with E-state index in [1.807, 2.05) is 6.33 Å². The van der Waals surface area contributed by atoms with Crippen LogP contribution in [0.5, 0.6) is 0 Å². The Morgan fingerprint density at radius 3 is 3.00 bits per heavy atom. The van der Waals surface area contributed by atoms with Crippen LogP contribution in [-0.4, -0.2) is 41.6 Å². The van der Waals surface area contributed by atoms with Crippen molar-refractivity contribution in [2.75, 3.05) is 27.2 Å². The molecule has 108 valence electrons. The lowest BCUT2D eigenvalue weighted by molar-refractivity contribution is 0.182. The third-order valence-corrected chi connectivity index (χ3v) is 4.24. The summed E-state index contributed by atoms with van der Waals surface area (Å²) in [5, 5.41) is 3.37. The summed E-state index contributed by atoms with van der Waals surface area (Å²) in [6, 6.07) is 0.504. The van der Waals surface area contributed by atoms with Gasteiger partial charge in [0.15, 0.2) is 0 Å². The smallest absolute Gasteiger partial charge is 0.0948 e. The van der Waals surface area contributed by atoms with Crippen molar-refractivity contribution in [1.82, 2.24) is 19.8 Å². The van der Waals surface area contributed by atoms with E-state index in [9.17, 15) is 0 Å². The molecule has 0 radical (unpaired) electrons. The fraction of sp³-hybridized carbons (Fsp3) is 0.800. The van der Waals surface area contributed by atoms with Crippen LogP contribution < -0.4 is 5.32 Å². The van der Waals surface area contributed by atoms with Crippen molar-refractivity contribution in [2.45, 2.75) is 45.2 Å². The molecule has 1 aliphatic heterocycles.